The van der Waals surface area contributed by atoms with E-state index in [4.69, 9.17) is 4.74 Å². The molecule has 0 spiro atoms. The number of benzene rings is 2. The van der Waals surface area contributed by atoms with E-state index in [9.17, 15) is 18.0 Å². The first kappa shape index (κ1) is 22.6. The molecule has 0 saturated carbocycles. The highest BCUT2D eigenvalue weighted by molar-refractivity contribution is 7.89. The van der Waals surface area contributed by atoms with Gasteiger partial charge in [-0.3, -0.25) is 9.59 Å². The molecule has 4 rings (SSSR count). The van der Waals surface area contributed by atoms with E-state index in [-0.39, 0.29) is 24.0 Å². The standard InChI is InChI=1S/C24H28N2O5S/c1-17(2)18-10-12-19(13-11-18)26-23(27)15-22(24(26)28)25(16-20-7-6-14-31-20)32(29,30)21-8-4-3-5-9-21/h3-5,8-13,17,20,22H,6-7,14-16H2,1-2H3. The normalized spacial score (nSPS) is 21.8. The molecule has 0 bridgehead atoms. The van der Waals surface area contributed by atoms with Gasteiger partial charge < -0.3 is 4.74 Å². The number of imide groups is 1. The molecule has 2 aliphatic heterocycles. The van der Waals surface area contributed by atoms with Gasteiger partial charge in [0, 0.05) is 13.2 Å². The summed E-state index contributed by atoms with van der Waals surface area (Å²) in [5.41, 5.74) is 1.55. The predicted octanol–water partition coefficient (Wildman–Crippen LogP) is 3.31. The number of nitrogens with zero attached hydrogens (tertiary/aromatic N) is 2. The van der Waals surface area contributed by atoms with Crippen LogP contribution < -0.4 is 4.90 Å². The van der Waals surface area contributed by atoms with Crippen LogP contribution in [0.3, 0.4) is 0 Å². The molecule has 0 aliphatic carbocycles. The third-order valence-electron chi connectivity index (χ3n) is 6.05. The van der Waals surface area contributed by atoms with Gasteiger partial charge in [-0.25, -0.2) is 13.3 Å². The Bertz CT molecular complexity index is 1080. The number of carbonyl (C=O) groups excluding carboxylic acids is 2. The predicted molar refractivity (Wildman–Crippen MR) is 121 cm³/mol. The van der Waals surface area contributed by atoms with Crippen molar-refractivity contribution < 1.29 is 22.7 Å². The lowest BCUT2D eigenvalue weighted by Gasteiger charge is -2.29. The molecule has 2 saturated heterocycles. The average molecular weight is 457 g/mol. The maximum Gasteiger partial charge on any atom is 0.252 e. The zero-order valence-corrected chi connectivity index (χ0v) is 19.1. The van der Waals surface area contributed by atoms with Crippen molar-refractivity contribution in [3.63, 3.8) is 0 Å². The van der Waals surface area contributed by atoms with Crippen molar-refractivity contribution in [2.75, 3.05) is 18.1 Å². The molecule has 2 fully saturated rings. The van der Waals surface area contributed by atoms with Crippen molar-refractivity contribution in [1.29, 1.82) is 0 Å². The van der Waals surface area contributed by atoms with Gasteiger partial charge in [-0.1, -0.05) is 44.2 Å². The number of carbonyl (C=O) groups is 2. The number of sulfonamides is 1. The highest BCUT2D eigenvalue weighted by atomic mass is 32.2. The molecule has 8 heteroatoms. The maximum absolute atomic E-state index is 13.5. The molecule has 2 aliphatic rings. The van der Waals surface area contributed by atoms with Crippen LogP contribution in [0.5, 0.6) is 0 Å². The molecular formula is C24H28N2O5S. The smallest absolute Gasteiger partial charge is 0.252 e. The van der Waals surface area contributed by atoms with Crippen molar-refractivity contribution in [3.05, 3.63) is 60.2 Å². The molecule has 170 valence electrons. The van der Waals surface area contributed by atoms with Crippen molar-refractivity contribution in [1.82, 2.24) is 4.31 Å². The number of amides is 2. The quantitative estimate of drug-likeness (QED) is 0.597. The minimum Gasteiger partial charge on any atom is -0.377 e. The van der Waals surface area contributed by atoms with Crippen LogP contribution in [0.15, 0.2) is 59.5 Å². The Labute approximate surface area is 189 Å². The van der Waals surface area contributed by atoms with E-state index in [0.717, 1.165) is 23.3 Å². The van der Waals surface area contributed by atoms with Crippen LogP contribution in [0, 0.1) is 0 Å². The van der Waals surface area contributed by atoms with Crippen LogP contribution in [-0.2, 0) is 24.3 Å². The zero-order valence-electron chi connectivity index (χ0n) is 18.3. The Hall–Kier alpha value is -2.55. The number of rotatable bonds is 7. The second kappa shape index (κ2) is 9.13. The fourth-order valence-electron chi connectivity index (χ4n) is 4.23. The van der Waals surface area contributed by atoms with Gasteiger partial charge in [0.05, 0.1) is 23.1 Å². The van der Waals surface area contributed by atoms with E-state index < -0.39 is 27.9 Å². The Morgan fingerprint density at radius 3 is 2.34 bits per heavy atom. The molecule has 2 unspecified atom stereocenters. The molecule has 0 N–H and O–H groups in total. The van der Waals surface area contributed by atoms with E-state index in [1.807, 2.05) is 12.1 Å². The van der Waals surface area contributed by atoms with Crippen molar-refractivity contribution in [2.24, 2.45) is 0 Å². The average Bonchev–Trinajstić information content (AvgIpc) is 3.40. The van der Waals surface area contributed by atoms with Gasteiger partial charge in [-0.2, -0.15) is 4.31 Å². The third kappa shape index (κ3) is 4.35. The van der Waals surface area contributed by atoms with E-state index in [0.29, 0.717) is 18.2 Å². The van der Waals surface area contributed by atoms with Gasteiger partial charge in [0.1, 0.15) is 6.04 Å². The summed E-state index contributed by atoms with van der Waals surface area (Å²) in [5, 5.41) is 0. The molecule has 2 atom stereocenters. The van der Waals surface area contributed by atoms with E-state index in [1.54, 1.807) is 30.3 Å². The topological polar surface area (TPSA) is 84.0 Å². The molecule has 2 aromatic carbocycles. The second-order valence-electron chi connectivity index (χ2n) is 8.56. The summed E-state index contributed by atoms with van der Waals surface area (Å²) in [6, 6.07) is 14.2. The zero-order chi connectivity index (χ0) is 22.9. The second-order valence-corrected chi connectivity index (χ2v) is 10.4. The lowest BCUT2D eigenvalue weighted by Crippen LogP contribution is -2.48. The highest BCUT2D eigenvalue weighted by Gasteiger charge is 2.47. The summed E-state index contributed by atoms with van der Waals surface area (Å²) in [5.74, 6) is -0.609. The van der Waals surface area contributed by atoms with Gasteiger partial charge >= 0.3 is 0 Å². The molecular weight excluding hydrogens is 428 g/mol. The van der Waals surface area contributed by atoms with Crippen LogP contribution in [-0.4, -0.2) is 49.8 Å². The SMILES string of the molecule is CC(C)c1ccc(N2C(=O)CC(N(CC3CCCO3)S(=O)(=O)c3ccccc3)C2=O)cc1. The van der Waals surface area contributed by atoms with Crippen LogP contribution >= 0.6 is 0 Å². The molecule has 7 nitrogen and oxygen atoms in total. The van der Waals surface area contributed by atoms with Crippen molar-refractivity contribution >= 4 is 27.5 Å². The minimum absolute atomic E-state index is 0.0427. The van der Waals surface area contributed by atoms with Crippen LogP contribution in [0.4, 0.5) is 5.69 Å². The van der Waals surface area contributed by atoms with E-state index >= 15 is 0 Å². The first-order valence-electron chi connectivity index (χ1n) is 10.9. The summed E-state index contributed by atoms with van der Waals surface area (Å²) in [6.07, 6.45) is 1.07. The number of anilines is 1. The summed E-state index contributed by atoms with van der Waals surface area (Å²) >= 11 is 0. The highest BCUT2D eigenvalue weighted by Crippen LogP contribution is 2.31. The fourth-order valence-corrected chi connectivity index (χ4v) is 5.86. The van der Waals surface area contributed by atoms with Gasteiger partial charge in [0.25, 0.3) is 5.91 Å². The summed E-state index contributed by atoms with van der Waals surface area (Å²) in [4.78, 5) is 27.5. The largest absolute Gasteiger partial charge is 0.377 e. The molecule has 0 radical (unpaired) electrons. The molecule has 32 heavy (non-hydrogen) atoms. The Morgan fingerprint density at radius 2 is 1.75 bits per heavy atom. The van der Waals surface area contributed by atoms with Crippen molar-refractivity contribution in [3.8, 4) is 0 Å². The van der Waals surface area contributed by atoms with Gasteiger partial charge in [-0.15, -0.1) is 0 Å². The van der Waals surface area contributed by atoms with Crippen LogP contribution in [0.1, 0.15) is 44.6 Å². The van der Waals surface area contributed by atoms with Gasteiger partial charge in [0.2, 0.25) is 15.9 Å². The molecule has 2 aromatic rings. The molecule has 2 heterocycles. The fraction of sp³-hybridized carbons (Fsp3) is 0.417. The third-order valence-corrected chi connectivity index (χ3v) is 7.93. The van der Waals surface area contributed by atoms with Crippen LogP contribution in [0.25, 0.3) is 0 Å². The summed E-state index contributed by atoms with van der Waals surface area (Å²) < 4.78 is 33.9. The first-order valence-corrected chi connectivity index (χ1v) is 12.4. The van der Waals surface area contributed by atoms with E-state index in [2.05, 4.69) is 13.8 Å². The minimum atomic E-state index is -4.00. The number of hydrogen-bond acceptors (Lipinski definition) is 5. The van der Waals surface area contributed by atoms with Crippen molar-refractivity contribution in [2.45, 2.75) is 56.1 Å². The number of hydrogen-bond donors (Lipinski definition) is 0. The summed E-state index contributed by atoms with van der Waals surface area (Å²) in [6.45, 7) is 4.74. The van der Waals surface area contributed by atoms with E-state index in [1.165, 1.54) is 16.4 Å². The lowest BCUT2D eigenvalue weighted by molar-refractivity contribution is -0.122. The monoisotopic (exact) mass is 456 g/mol. The number of ether oxygens (including phenoxy) is 1. The first-order chi connectivity index (χ1) is 15.3. The Kier molecular flexibility index (Phi) is 6.46. The molecule has 0 aromatic heterocycles. The maximum atomic E-state index is 13.5. The van der Waals surface area contributed by atoms with Gasteiger partial charge in [-0.05, 0) is 48.6 Å². The lowest BCUT2D eigenvalue weighted by atomic mass is 10.0. The summed E-state index contributed by atoms with van der Waals surface area (Å²) in [7, 11) is -4.00. The van der Waals surface area contributed by atoms with Crippen LogP contribution in [0.2, 0.25) is 0 Å². The Balaban J connectivity index is 1.66. The molecule has 2 amide bonds. The Morgan fingerprint density at radius 1 is 1.06 bits per heavy atom. The van der Waals surface area contributed by atoms with Gasteiger partial charge in [0.15, 0.2) is 0 Å².